The first-order valence-electron chi connectivity index (χ1n) is 9.26. The van der Waals surface area contributed by atoms with Gasteiger partial charge in [-0.1, -0.05) is 24.3 Å². The lowest BCUT2D eigenvalue weighted by atomic mass is 10.00. The molecule has 4 rings (SSSR count). The first kappa shape index (κ1) is 20.5. The fourth-order valence-electron chi connectivity index (χ4n) is 3.21. The normalized spacial score (nSPS) is 12.5. The van der Waals surface area contributed by atoms with Crippen LogP contribution < -0.4 is 5.32 Å². The minimum atomic E-state index is -4.51. The molecule has 2 heterocycles. The third-order valence-corrected chi connectivity index (χ3v) is 4.78. The van der Waals surface area contributed by atoms with E-state index < -0.39 is 29.5 Å². The van der Waals surface area contributed by atoms with Crippen LogP contribution in [0.2, 0.25) is 0 Å². The molecular weight excluding hydrogens is 410 g/mol. The van der Waals surface area contributed by atoms with E-state index in [9.17, 15) is 22.4 Å². The fourth-order valence-corrected chi connectivity index (χ4v) is 3.21. The number of amides is 1. The van der Waals surface area contributed by atoms with E-state index in [1.807, 2.05) is 6.07 Å². The van der Waals surface area contributed by atoms with E-state index in [2.05, 4.69) is 15.3 Å². The summed E-state index contributed by atoms with van der Waals surface area (Å²) in [5, 5.41) is 3.52. The maximum Gasteiger partial charge on any atom is 0.416 e. The fraction of sp³-hybridized carbons (Fsp3) is 0.0870. The molecule has 0 saturated carbocycles. The summed E-state index contributed by atoms with van der Waals surface area (Å²) in [6, 6.07) is 14.2. The van der Waals surface area contributed by atoms with E-state index in [1.165, 1.54) is 30.5 Å². The van der Waals surface area contributed by atoms with Gasteiger partial charge in [0.2, 0.25) is 0 Å². The Kier molecular flexibility index (Phi) is 5.37. The van der Waals surface area contributed by atoms with Gasteiger partial charge in [0.25, 0.3) is 5.91 Å². The number of carbonyl (C=O) groups excluding carboxylic acids is 1. The Hall–Kier alpha value is -3.81. The summed E-state index contributed by atoms with van der Waals surface area (Å²) < 4.78 is 53.2. The number of rotatable bonds is 4. The number of alkyl halides is 3. The van der Waals surface area contributed by atoms with Crippen LogP contribution in [0.1, 0.15) is 33.2 Å². The number of pyridine rings is 2. The highest BCUT2D eigenvalue weighted by Crippen LogP contribution is 2.31. The van der Waals surface area contributed by atoms with Crippen LogP contribution in [0.4, 0.5) is 17.6 Å². The lowest BCUT2D eigenvalue weighted by Gasteiger charge is -2.20. The summed E-state index contributed by atoms with van der Waals surface area (Å²) in [5.41, 5.74) is 0.195. The molecule has 156 valence electrons. The van der Waals surface area contributed by atoms with Gasteiger partial charge < -0.3 is 5.32 Å². The van der Waals surface area contributed by atoms with Gasteiger partial charge in [0.05, 0.1) is 17.1 Å². The number of benzene rings is 2. The van der Waals surface area contributed by atoms with Crippen LogP contribution in [-0.2, 0) is 6.18 Å². The summed E-state index contributed by atoms with van der Waals surface area (Å²) in [7, 11) is 0. The summed E-state index contributed by atoms with van der Waals surface area (Å²) in [4.78, 5) is 21.1. The standard InChI is InChI=1S/C23H15F4N3O/c24-18-4-2-12-29-21(18)20(15-7-9-17(10-8-15)23(25,26)27)30-22(31)16-6-5-14-3-1-11-28-19(14)13-16/h1-13,20H,(H,30,31)/t20-/m0/s1. The van der Waals surface area contributed by atoms with Gasteiger partial charge in [0.1, 0.15) is 11.5 Å². The van der Waals surface area contributed by atoms with Gasteiger partial charge in [0, 0.05) is 23.3 Å². The highest BCUT2D eigenvalue weighted by atomic mass is 19.4. The maximum atomic E-state index is 14.5. The Morgan fingerprint density at radius 3 is 2.32 bits per heavy atom. The zero-order valence-corrected chi connectivity index (χ0v) is 15.9. The number of hydrogen-bond acceptors (Lipinski definition) is 3. The predicted molar refractivity (Wildman–Crippen MR) is 107 cm³/mol. The van der Waals surface area contributed by atoms with Crippen molar-refractivity contribution < 1.29 is 22.4 Å². The molecule has 1 atom stereocenters. The maximum absolute atomic E-state index is 14.5. The van der Waals surface area contributed by atoms with Crippen molar-refractivity contribution in [3.05, 3.63) is 107 Å². The number of halogens is 4. The molecule has 4 nitrogen and oxygen atoms in total. The van der Waals surface area contributed by atoms with Crippen molar-refractivity contribution in [2.75, 3.05) is 0 Å². The van der Waals surface area contributed by atoms with Crippen LogP contribution in [0.5, 0.6) is 0 Å². The Morgan fingerprint density at radius 1 is 0.903 bits per heavy atom. The van der Waals surface area contributed by atoms with E-state index in [0.29, 0.717) is 5.52 Å². The zero-order chi connectivity index (χ0) is 22.0. The Labute approximate surface area is 174 Å². The molecule has 0 unspecified atom stereocenters. The quantitative estimate of drug-likeness (QED) is 0.451. The highest BCUT2D eigenvalue weighted by molar-refractivity contribution is 5.98. The lowest BCUT2D eigenvalue weighted by molar-refractivity contribution is -0.137. The van der Waals surface area contributed by atoms with Crippen molar-refractivity contribution in [2.24, 2.45) is 0 Å². The van der Waals surface area contributed by atoms with Crippen molar-refractivity contribution in [3.63, 3.8) is 0 Å². The van der Waals surface area contributed by atoms with Gasteiger partial charge in [-0.2, -0.15) is 13.2 Å². The molecule has 4 aromatic rings. The lowest BCUT2D eigenvalue weighted by Crippen LogP contribution is -2.30. The van der Waals surface area contributed by atoms with Crippen LogP contribution in [-0.4, -0.2) is 15.9 Å². The molecule has 1 N–H and O–H groups in total. The van der Waals surface area contributed by atoms with E-state index in [-0.39, 0.29) is 16.8 Å². The summed E-state index contributed by atoms with van der Waals surface area (Å²) in [6.07, 6.45) is -1.56. The van der Waals surface area contributed by atoms with Crippen LogP contribution >= 0.6 is 0 Å². The van der Waals surface area contributed by atoms with Gasteiger partial charge in [-0.3, -0.25) is 14.8 Å². The van der Waals surface area contributed by atoms with E-state index in [4.69, 9.17) is 0 Å². The first-order chi connectivity index (χ1) is 14.8. The molecule has 31 heavy (non-hydrogen) atoms. The monoisotopic (exact) mass is 425 g/mol. The van der Waals surface area contributed by atoms with Crippen molar-refractivity contribution in [3.8, 4) is 0 Å². The van der Waals surface area contributed by atoms with Gasteiger partial charge in [-0.25, -0.2) is 4.39 Å². The molecule has 0 radical (unpaired) electrons. The molecule has 2 aromatic carbocycles. The van der Waals surface area contributed by atoms with Gasteiger partial charge >= 0.3 is 6.18 Å². The minimum Gasteiger partial charge on any atom is -0.339 e. The van der Waals surface area contributed by atoms with E-state index in [1.54, 1.807) is 30.5 Å². The molecule has 0 saturated heterocycles. The average molecular weight is 425 g/mol. The minimum absolute atomic E-state index is 0.102. The summed E-state index contributed by atoms with van der Waals surface area (Å²) in [6.45, 7) is 0. The molecule has 0 spiro atoms. The van der Waals surface area contributed by atoms with Crippen molar-refractivity contribution in [1.29, 1.82) is 0 Å². The predicted octanol–water partition coefficient (Wildman–Crippen LogP) is 5.31. The van der Waals surface area contributed by atoms with Gasteiger partial charge in [-0.15, -0.1) is 0 Å². The number of nitrogens with zero attached hydrogens (tertiary/aromatic N) is 2. The Morgan fingerprint density at radius 2 is 1.61 bits per heavy atom. The second-order valence-electron chi connectivity index (χ2n) is 6.81. The molecule has 0 bridgehead atoms. The Bertz CT molecular complexity index is 1240. The topological polar surface area (TPSA) is 54.9 Å². The van der Waals surface area contributed by atoms with Crippen molar-refractivity contribution in [2.45, 2.75) is 12.2 Å². The molecule has 0 fully saturated rings. The number of fused-ring (bicyclic) bond motifs is 1. The number of nitrogens with one attached hydrogen (secondary N) is 1. The second kappa shape index (κ2) is 8.14. The largest absolute Gasteiger partial charge is 0.416 e. The van der Waals surface area contributed by atoms with Crippen LogP contribution in [0.25, 0.3) is 10.9 Å². The second-order valence-corrected chi connectivity index (χ2v) is 6.81. The number of carbonyl (C=O) groups is 1. The summed E-state index contributed by atoms with van der Waals surface area (Å²) in [5.74, 6) is -1.23. The van der Waals surface area contributed by atoms with Crippen LogP contribution in [0.3, 0.4) is 0 Å². The SMILES string of the molecule is O=C(N[C@@H](c1ccc(C(F)(F)F)cc1)c1ncccc1F)c1ccc2cccnc2c1. The van der Waals surface area contributed by atoms with Crippen LogP contribution in [0, 0.1) is 5.82 Å². The van der Waals surface area contributed by atoms with Crippen molar-refractivity contribution >= 4 is 16.8 Å². The molecule has 2 aromatic heterocycles. The first-order valence-corrected chi connectivity index (χ1v) is 9.26. The van der Waals surface area contributed by atoms with E-state index in [0.717, 1.165) is 17.5 Å². The van der Waals surface area contributed by atoms with Crippen LogP contribution in [0.15, 0.2) is 79.1 Å². The van der Waals surface area contributed by atoms with Crippen molar-refractivity contribution in [1.82, 2.24) is 15.3 Å². The number of hydrogen-bond donors (Lipinski definition) is 1. The molecular formula is C23H15F4N3O. The summed E-state index contributed by atoms with van der Waals surface area (Å²) >= 11 is 0. The smallest absolute Gasteiger partial charge is 0.339 e. The highest BCUT2D eigenvalue weighted by Gasteiger charge is 2.31. The zero-order valence-electron chi connectivity index (χ0n) is 15.9. The molecule has 0 aliphatic carbocycles. The molecule has 8 heteroatoms. The third kappa shape index (κ3) is 4.37. The number of aromatic nitrogens is 2. The molecule has 1 amide bonds. The third-order valence-electron chi connectivity index (χ3n) is 4.78. The molecule has 0 aliphatic rings. The Balaban J connectivity index is 1.70. The average Bonchev–Trinajstić information content (AvgIpc) is 2.77. The van der Waals surface area contributed by atoms with Gasteiger partial charge in [-0.05, 0) is 48.0 Å². The van der Waals surface area contributed by atoms with E-state index >= 15 is 0 Å². The van der Waals surface area contributed by atoms with Gasteiger partial charge in [0.15, 0.2) is 0 Å². The molecule has 0 aliphatic heterocycles.